The van der Waals surface area contributed by atoms with E-state index in [2.05, 4.69) is 16.5 Å². The van der Waals surface area contributed by atoms with Gasteiger partial charge >= 0.3 is 0 Å². The lowest BCUT2D eigenvalue weighted by atomic mass is 10.0. The number of rotatable bonds is 5. The molecule has 28 heavy (non-hydrogen) atoms. The number of aromatic nitrogens is 2. The Labute approximate surface area is 163 Å². The Morgan fingerprint density at radius 1 is 1.25 bits per heavy atom. The minimum Gasteiger partial charge on any atom is -0.493 e. The van der Waals surface area contributed by atoms with Crippen molar-refractivity contribution in [1.29, 1.82) is 0 Å². The Bertz CT molecular complexity index is 1010. The van der Waals surface area contributed by atoms with Crippen molar-refractivity contribution < 1.29 is 13.9 Å². The number of benzene rings is 2. The zero-order chi connectivity index (χ0) is 19.7. The summed E-state index contributed by atoms with van der Waals surface area (Å²) in [4.78, 5) is 12.7. The number of nitrogens with one attached hydrogen (secondary N) is 1. The number of carbonyl (C=O) groups is 1. The van der Waals surface area contributed by atoms with Crippen molar-refractivity contribution in [2.75, 3.05) is 6.61 Å². The molecule has 144 valence electrons. The molecule has 1 amide bonds. The van der Waals surface area contributed by atoms with Gasteiger partial charge in [-0.25, -0.2) is 4.39 Å². The quantitative estimate of drug-likeness (QED) is 0.738. The van der Waals surface area contributed by atoms with Crippen LogP contribution in [-0.2, 0) is 19.9 Å². The van der Waals surface area contributed by atoms with Crippen LogP contribution in [0.5, 0.6) is 5.75 Å². The minimum absolute atomic E-state index is 0.0305. The first kappa shape index (κ1) is 18.2. The van der Waals surface area contributed by atoms with E-state index in [-0.39, 0.29) is 17.8 Å². The summed E-state index contributed by atoms with van der Waals surface area (Å²) in [6, 6.07) is 14.0. The van der Waals surface area contributed by atoms with Gasteiger partial charge in [0.25, 0.3) is 5.91 Å². The standard InChI is InChI=1S/C22H22FN3O2/c1-14(11-15-3-8-21-17(12-15)9-10-28-21)24-22(27)20-13-19(25-26(20)2)16-4-6-18(23)7-5-16/h3-8,12-14H,9-11H2,1-2H3,(H,24,27). The molecule has 3 aromatic rings. The van der Waals surface area contributed by atoms with E-state index < -0.39 is 0 Å². The van der Waals surface area contributed by atoms with Crippen LogP contribution in [0.1, 0.15) is 28.5 Å². The Balaban J connectivity index is 1.44. The second-order valence-electron chi connectivity index (χ2n) is 7.16. The molecule has 0 saturated carbocycles. The van der Waals surface area contributed by atoms with Gasteiger partial charge in [0.05, 0.1) is 12.3 Å². The van der Waals surface area contributed by atoms with Crippen molar-refractivity contribution >= 4 is 5.91 Å². The Kier molecular flexibility index (Phi) is 4.86. The molecule has 1 aromatic heterocycles. The molecule has 1 N–H and O–H groups in total. The van der Waals surface area contributed by atoms with E-state index in [1.165, 1.54) is 23.3 Å². The number of ether oxygens (including phenoxy) is 1. The summed E-state index contributed by atoms with van der Waals surface area (Å²) >= 11 is 0. The normalized spacial score (nSPS) is 13.7. The van der Waals surface area contributed by atoms with Gasteiger partial charge in [0.1, 0.15) is 17.3 Å². The van der Waals surface area contributed by atoms with Gasteiger partial charge in [-0.2, -0.15) is 5.10 Å². The van der Waals surface area contributed by atoms with Crippen molar-refractivity contribution in [3.63, 3.8) is 0 Å². The zero-order valence-electron chi connectivity index (χ0n) is 15.9. The highest BCUT2D eigenvalue weighted by molar-refractivity contribution is 5.93. The molecule has 0 spiro atoms. The third-order valence-electron chi connectivity index (χ3n) is 4.93. The molecule has 2 aromatic carbocycles. The van der Waals surface area contributed by atoms with Crippen LogP contribution in [0.2, 0.25) is 0 Å². The van der Waals surface area contributed by atoms with Crippen molar-refractivity contribution in [2.45, 2.75) is 25.8 Å². The smallest absolute Gasteiger partial charge is 0.269 e. The molecule has 1 atom stereocenters. The number of amides is 1. The molecular weight excluding hydrogens is 357 g/mol. The van der Waals surface area contributed by atoms with Crippen LogP contribution >= 0.6 is 0 Å². The first-order valence-electron chi connectivity index (χ1n) is 9.35. The molecule has 0 aliphatic carbocycles. The van der Waals surface area contributed by atoms with Gasteiger partial charge in [0.15, 0.2) is 0 Å². The zero-order valence-corrected chi connectivity index (χ0v) is 15.9. The van der Waals surface area contributed by atoms with Crippen molar-refractivity contribution in [3.8, 4) is 17.0 Å². The van der Waals surface area contributed by atoms with E-state index in [4.69, 9.17) is 4.74 Å². The molecule has 1 unspecified atom stereocenters. The fourth-order valence-corrected chi connectivity index (χ4v) is 3.51. The van der Waals surface area contributed by atoms with Crippen molar-refractivity contribution in [3.05, 3.63) is 71.2 Å². The number of hydrogen-bond donors (Lipinski definition) is 1. The Morgan fingerprint density at radius 3 is 2.82 bits per heavy atom. The fourth-order valence-electron chi connectivity index (χ4n) is 3.51. The molecule has 0 saturated heterocycles. The van der Waals surface area contributed by atoms with E-state index in [1.54, 1.807) is 29.9 Å². The maximum atomic E-state index is 13.1. The summed E-state index contributed by atoms with van der Waals surface area (Å²) in [5.74, 6) is 0.480. The monoisotopic (exact) mass is 379 g/mol. The fraction of sp³-hybridized carbons (Fsp3) is 0.273. The van der Waals surface area contributed by atoms with E-state index in [0.29, 0.717) is 11.4 Å². The van der Waals surface area contributed by atoms with Gasteiger partial charge < -0.3 is 10.1 Å². The van der Waals surface area contributed by atoms with Crippen LogP contribution in [0.4, 0.5) is 4.39 Å². The highest BCUT2D eigenvalue weighted by Crippen LogP contribution is 2.26. The average molecular weight is 379 g/mol. The predicted octanol–water partition coefficient (Wildman–Crippen LogP) is 3.52. The molecule has 1 aliphatic heterocycles. The molecule has 6 heteroatoms. The SMILES string of the molecule is CC(Cc1ccc2c(c1)CCO2)NC(=O)c1cc(-c2ccc(F)cc2)nn1C. The van der Waals surface area contributed by atoms with Gasteiger partial charge in [-0.3, -0.25) is 9.48 Å². The molecule has 2 heterocycles. The van der Waals surface area contributed by atoms with E-state index in [9.17, 15) is 9.18 Å². The van der Waals surface area contributed by atoms with Crippen LogP contribution in [0, 0.1) is 5.82 Å². The van der Waals surface area contributed by atoms with Crippen LogP contribution < -0.4 is 10.1 Å². The molecule has 0 fully saturated rings. The minimum atomic E-state index is -0.301. The van der Waals surface area contributed by atoms with E-state index >= 15 is 0 Å². The molecule has 4 rings (SSSR count). The number of fused-ring (bicyclic) bond motifs is 1. The highest BCUT2D eigenvalue weighted by atomic mass is 19.1. The molecular formula is C22H22FN3O2. The topological polar surface area (TPSA) is 56.1 Å². The summed E-state index contributed by atoms with van der Waals surface area (Å²) in [7, 11) is 1.73. The number of halogens is 1. The van der Waals surface area contributed by atoms with Gasteiger partial charge in [-0.15, -0.1) is 0 Å². The first-order chi connectivity index (χ1) is 13.5. The van der Waals surface area contributed by atoms with E-state index in [0.717, 1.165) is 30.8 Å². The summed E-state index contributed by atoms with van der Waals surface area (Å²) in [5, 5.41) is 7.42. The maximum absolute atomic E-state index is 13.1. The van der Waals surface area contributed by atoms with Crippen LogP contribution in [0.15, 0.2) is 48.5 Å². The Morgan fingerprint density at radius 2 is 2.04 bits per heavy atom. The van der Waals surface area contributed by atoms with Crippen molar-refractivity contribution in [2.24, 2.45) is 7.05 Å². The van der Waals surface area contributed by atoms with Crippen LogP contribution in [0.25, 0.3) is 11.3 Å². The lowest BCUT2D eigenvalue weighted by Crippen LogP contribution is -2.35. The summed E-state index contributed by atoms with van der Waals surface area (Å²) < 4.78 is 20.2. The highest BCUT2D eigenvalue weighted by Gasteiger charge is 2.18. The Hall–Kier alpha value is -3.15. The second-order valence-corrected chi connectivity index (χ2v) is 7.16. The summed E-state index contributed by atoms with van der Waals surface area (Å²) in [6.07, 6.45) is 1.67. The third-order valence-corrected chi connectivity index (χ3v) is 4.93. The summed E-state index contributed by atoms with van der Waals surface area (Å²) in [5.41, 5.74) is 4.28. The van der Waals surface area contributed by atoms with Crippen LogP contribution in [0.3, 0.4) is 0 Å². The van der Waals surface area contributed by atoms with Gasteiger partial charge in [0.2, 0.25) is 0 Å². The first-order valence-corrected chi connectivity index (χ1v) is 9.35. The largest absolute Gasteiger partial charge is 0.493 e. The number of hydrogen-bond acceptors (Lipinski definition) is 3. The summed E-state index contributed by atoms with van der Waals surface area (Å²) in [6.45, 7) is 2.72. The number of nitrogens with zero attached hydrogens (tertiary/aromatic N) is 2. The van der Waals surface area contributed by atoms with E-state index in [1.807, 2.05) is 19.1 Å². The molecule has 1 aliphatic rings. The molecule has 0 radical (unpaired) electrons. The second kappa shape index (κ2) is 7.46. The van der Waals surface area contributed by atoms with Crippen LogP contribution in [-0.4, -0.2) is 28.3 Å². The lowest BCUT2D eigenvalue weighted by molar-refractivity contribution is 0.0930. The predicted molar refractivity (Wildman–Crippen MR) is 105 cm³/mol. The van der Waals surface area contributed by atoms with Gasteiger partial charge in [-0.05, 0) is 60.9 Å². The number of carbonyl (C=O) groups excluding carboxylic acids is 1. The maximum Gasteiger partial charge on any atom is 0.269 e. The molecule has 0 bridgehead atoms. The lowest BCUT2D eigenvalue weighted by Gasteiger charge is -2.14. The third kappa shape index (κ3) is 3.76. The number of aryl methyl sites for hydroxylation is 1. The van der Waals surface area contributed by atoms with Gasteiger partial charge in [0, 0.05) is 25.1 Å². The molecule has 5 nitrogen and oxygen atoms in total. The van der Waals surface area contributed by atoms with Crippen molar-refractivity contribution in [1.82, 2.24) is 15.1 Å². The van der Waals surface area contributed by atoms with Gasteiger partial charge in [-0.1, -0.05) is 12.1 Å². The average Bonchev–Trinajstić information content (AvgIpc) is 3.28.